The molecule has 1 unspecified atom stereocenters. The highest BCUT2D eigenvalue weighted by Crippen LogP contribution is 2.29. The number of rotatable bonds is 7. The molecule has 242 valence electrons. The van der Waals surface area contributed by atoms with Crippen LogP contribution in [-0.4, -0.2) is 69.3 Å². The summed E-state index contributed by atoms with van der Waals surface area (Å²) in [5, 5.41) is 10.5. The Labute approximate surface area is 272 Å². The predicted octanol–water partition coefficient (Wildman–Crippen LogP) is 3.51. The van der Waals surface area contributed by atoms with Crippen LogP contribution in [0.15, 0.2) is 54.7 Å². The van der Waals surface area contributed by atoms with Gasteiger partial charge in [0.15, 0.2) is 22.5 Å². The van der Waals surface area contributed by atoms with Gasteiger partial charge < -0.3 is 31.0 Å². The number of likely N-dealkylation sites (tertiary alicyclic amines) is 1. The third-order valence-corrected chi connectivity index (χ3v) is 9.14. The van der Waals surface area contributed by atoms with Crippen molar-refractivity contribution < 1.29 is 14.3 Å². The molecule has 0 saturated carbocycles. The Morgan fingerprint density at radius 3 is 2.52 bits per heavy atom. The van der Waals surface area contributed by atoms with E-state index in [4.69, 9.17) is 27.8 Å². The van der Waals surface area contributed by atoms with Crippen LogP contribution in [0.1, 0.15) is 60.0 Å². The first kappa shape index (κ1) is 31.6. The fourth-order valence-electron chi connectivity index (χ4n) is 6.15. The van der Waals surface area contributed by atoms with Crippen molar-refractivity contribution in [2.24, 2.45) is 0 Å². The maximum Gasteiger partial charge on any atom is 0.276 e. The van der Waals surface area contributed by atoms with Crippen LogP contribution in [-0.2, 0) is 12.0 Å². The average Bonchev–Trinajstić information content (AvgIpc) is 3.62. The number of hydrogen-bond donors (Lipinski definition) is 5. The van der Waals surface area contributed by atoms with E-state index in [-0.39, 0.29) is 39.3 Å². The van der Waals surface area contributed by atoms with E-state index in [0.717, 1.165) is 29.5 Å². The summed E-state index contributed by atoms with van der Waals surface area (Å²) in [5.41, 5.74) is 14.1. The van der Waals surface area contributed by atoms with Gasteiger partial charge in [-0.15, -0.1) is 0 Å². The fourth-order valence-corrected chi connectivity index (χ4v) is 6.27. The monoisotopic (exact) mass is 645 g/mol. The quantitative estimate of drug-likeness (QED) is 0.202. The molecule has 4 aromatic rings. The largest absolute Gasteiger partial charge is 0.492 e. The van der Waals surface area contributed by atoms with Gasteiger partial charge in [-0.2, -0.15) is 0 Å². The highest BCUT2D eigenvalue weighted by Gasteiger charge is 2.42. The Morgan fingerprint density at radius 2 is 1.80 bits per heavy atom. The van der Waals surface area contributed by atoms with Crippen LogP contribution in [0, 0.1) is 0 Å². The van der Waals surface area contributed by atoms with Gasteiger partial charge >= 0.3 is 0 Å². The topological polar surface area (TPSA) is 165 Å². The first-order valence-corrected chi connectivity index (χ1v) is 15.8. The van der Waals surface area contributed by atoms with Gasteiger partial charge in [0.1, 0.15) is 18.6 Å². The van der Waals surface area contributed by atoms with Crippen molar-refractivity contribution in [3.8, 4) is 5.75 Å². The van der Waals surface area contributed by atoms with Crippen molar-refractivity contribution in [2.45, 2.75) is 57.4 Å². The molecule has 2 aliphatic rings. The average molecular weight is 646 g/mol. The molecule has 6 rings (SSSR count). The summed E-state index contributed by atoms with van der Waals surface area (Å²) in [4.78, 5) is 36.3. The molecule has 13 heteroatoms. The lowest BCUT2D eigenvalue weighted by Crippen LogP contribution is -2.57. The molecular weight excluding hydrogens is 606 g/mol. The maximum absolute atomic E-state index is 13.7. The number of halogens is 1. The molecule has 2 aliphatic heterocycles. The zero-order valence-corrected chi connectivity index (χ0v) is 27.0. The molecule has 2 amide bonds. The molecule has 12 nitrogen and oxygen atoms in total. The van der Waals surface area contributed by atoms with Gasteiger partial charge in [0.25, 0.3) is 11.8 Å². The molecule has 1 atom stereocenters. The summed E-state index contributed by atoms with van der Waals surface area (Å²) in [7, 11) is 0. The zero-order valence-electron chi connectivity index (χ0n) is 26.3. The SMILES string of the molecule is CC(C)(C)c1ccc(OCCn2ccc3c(C(=O)N4CCC5(CC4)CNC(NC(=O)c4nc(Cl)c(N)nc4N)N5)cccc32)cc1. The van der Waals surface area contributed by atoms with Crippen molar-refractivity contribution >= 4 is 46.0 Å². The van der Waals surface area contributed by atoms with Crippen LogP contribution >= 0.6 is 11.6 Å². The molecule has 1 spiro atoms. The Bertz CT molecular complexity index is 1760. The number of nitrogen functional groups attached to an aromatic ring is 2. The molecule has 7 N–H and O–H groups in total. The first-order chi connectivity index (χ1) is 21.9. The standard InChI is InChI=1S/C33H40ClN9O3/c1-32(2,3)20-7-9-21(10-8-20)46-18-17-42-14-11-22-23(5-4-6-24(22)42)30(45)43-15-12-33(13-16-43)19-37-31(41-33)40-29(44)25-27(35)39-28(36)26(34)38-25/h4-11,14,31,37,41H,12-13,15-19H2,1-3H3,(H,40,44)(H4,35,36,39). The van der Waals surface area contributed by atoms with Crippen molar-refractivity contribution in [1.82, 2.24) is 35.4 Å². The summed E-state index contributed by atoms with van der Waals surface area (Å²) in [6.45, 7) is 9.55. The van der Waals surface area contributed by atoms with E-state index >= 15 is 0 Å². The van der Waals surface area contributed by atoms with Crippen LogP contribution in [0.4, 0.5) is 11.6 Å². The lowest BCUT2D eigenvalue weighted by Gasteiger charge is -2.39. The third kappa shape index (κ3) is 6.46. The second-order valence-electron chi connectivity index (χ2n) is 13.0. The van der Waals surface area contributed by atoms with Crippen LogP contribution in [0.5, 0.6) is 5.75 Å². The highest BCUT2D eigenvalue weighted by molar-refractivity contribution is 6.31. The van der Waals surface area contributed by atoms with Gasteiger partial charge in [0.05, 0.1) is 6.54 Å². The molecule has 2 saturated heterocycles. The third-order valence-electron chi connectivity index (χ3n) is 8.86. The van der Waals surface area contributed by atoms with Crippen LogP contribution in [0.3, 0.4) is 0 Å². The van der Waals surface area contributed by atoms with Crippen molar-refractivity contribution in [2.75, 3.05) is 37.7 Å². The van der Waals surface area contributed by atoms with Gasteiger partial charge in [-0.05, 0) is 54.2 Å². The Morgan fingerprint density at radius 1 is 1.07 bits per heavy atom. The van der Waals surface area contributed by atoms with Crippen LogP contribution in [0.25, 0.3) is 10.9 Å². The van der Waals surface area contributed by atoms with Crippen molar-refractivity contribution in [1.29, 1.82) is 0 Å². The Hall–Kier alpha value is -4.39. The molecule has 0 bridgehead atoms. The van der Waals surface area contributed by atoms with Gasteiger partial charge in [-0.3, -0.25) is 20.2 Å². The van der Waals surface area contributed by atoms with E-state index in [0.29, 0.717) is 38.3 Å². The number of ether oxygens (including phenoxy) is 1. The molecule has 2 aromatic heterocycles. The number of fused-ring (bicyclic) bond motifs is 1. The molecule has 2 aromatic carbocycles. The minimum absolute atomic E-state index is 0.0125. The lowest BCUT2D eigenvalue weighted by molar-refractivity contribution is 0.0662. The van der Waals surface area contributed by atoms with E-state index in [1.54, 1.807) is 0 Å². The lowest BCUT2D eigenvalue weighted by atomic mass is 9.87. The van der Waals surface area contributed by atoms with E-state index < -0.39 is 12.2 Å². The second kappa shape index (κ2) is 12.4. The minimum atomic E-state index is -0.525. The number of amides is 2. The van der Waals surface area contributed by atoms with Gasteiger partial charge in [0.2, 0.25) is 0 Å². The summed E-state index contributed by atoms with van der Waals surface area (Å²) in [5.74, 6) is 0.195. The smallest absolute Gasteiger partial charge is 0.276 e. The van der Waals surface area contributed by atoms with Crippen LogP contribution in [0.2, 0.25) is 5.15 Å². The fraction of sp³-hybridized carbons (Fsp3) is 0.394. The van der Waals surface area contributed by atoms with Gasteiger partial charge in [0, 0.05) is 47.8 Å². The Balaban J connectivity index is 1.04. The van der Waals surface area contributed by atoms with E-state index in [1.807, 2.05) is 47.5 Å². The summed E-state index contributed by atoms with van der Waals surface area (Å²) in [6, 6.07) is 16.1. The maximum atomic E-state index is 13.7. The van der Waals surface area contributed by atoms with E-state index in [2.05, 4.69) is 63.4 Å². The number of carbonyl (C=O) groups is 2. The summed E-state index contributed by atoms with van der Waals surface area (Å²) in [6.07, 6.45) is 2.95. The molecule has 46 heavy (non-hydrogen) atoms. The second-order valence-corrected chi connectivity index (χ2v) is 13.4. The molecule has 4 heterocycles. The molecule has 0 aliphatic carbocycles. The minimum Gasteiger partial charge on any atom is -0.492 e. The van der Waals surface area contributed by atoms with Crippen LogP contribution < -0.4 is 32.2 Å². The predicted molar refractivity (Wildman–Crippen MR) is 179 cm³/mol. The number of nitrogens with two attached hydrogens (primary N) is 2. The number of benzene rings is 2. The number of piperidine rings is 1. The Kier molecular flexibility index (Phi) is 8.53. The number of hydrogen-bond acceptors (Lipinski definition) is 9. The summed E-state index contributed by atoms with van der Waals surface area (Å²) < 4.78 is 8.15. The molecule has 0 radical (unpaired) electrons. The van der Waals surface area contributed by atoms with E-state index in [9.17, 15) is 9.59 Å². The zero-order chi connectivity index (χ0) is 32.6. The van der Waals surface area contributed by atoms with Crippen molar-refractivity contribution in [3.05, 3.63) is 76.7 Å². The van der Waals surface area contributed by atoms with Crippen molar-refractivity contribution in [3.63, 3.8) is 0 Å². The number of nitrogens with one attached hydrogen (secondary N) is 3. The number of aromatic nitrogens is 3. The number of anilines is 2. The highest BCUT2D eigenvalue weighted by atomic mass is 35.5. The first-order valence-electron chi connectivity index (χ1n) is 15.4. The van der Waals surface area contributed by atoms with Gasteiger partial charge in [-0.1, -0.05) is 50.6 Å². The molecule has 2 fully saturated rings. The number of carbonyl (C=O) groups excluding carboxylic acids is 2. The van der Waals surface area contributed by atoms with Gasteiger partial charge in [-0.25, -0.2) is 9.97 Å². The number of nitrogens with zero attached hydrogens (tertiary/aromatic N) is 4. The molecular formula is C33H40ClN9O3. The normalized spacial score (nSPS) is 17.8. The van der Waals surface area contributed by atoms with E-state index in [1.165, 1.54) is 5.56 Å². The summed E-state index contributed by atoms with van der Waals surface area (Å²) >= 11 is 5.93.